The molecule has 1 heterocycles. The van der Waals surface area contributed by atoms with Crippen LogP contribution in [0.2, 0.25) is 0 Å². The Morgan fingerprint density at radius 1 is 1.17 bits per heavy atom. The lowest BCUT2D eigenvalue weighted by Crippen LogP contribution is -2.34. The van der Waals surface area contributed by atoms with Gasteiger partial charge < -0.3 is 15.4 Å². The van der Waals surface area contributed by atoms with Gasteiger partial charge >= 0.3 is 0 Å². The molecule has 2 aromatic carbocycles. The summed E-state index contributed by atoms with van der Waals surface area (Å²) in [5.41, 5.74) is 7.60. The van der Waals surface area contributed by atoms with Crippen LogP contribution in [0.4, 0.5) is 0 Å². The first-order valence-electron chi connectivity index (χ1n) is 7.44. The SMILES string of the molecule is CC(=O)N1Cc2ccc(C(N)=O)cc2OC[C@@H]1c1ccccc1. The van der Waals surface area contributed by atoms with Crippen molar-refractivity contribution in [2.45, 2.75) is 19.5 Å². The molecule has 0 aromatic heterocycles. The summed E-state index contributed by atoms with van der Waals surface area (Å²) >= 11 is 0. The number of primary amides is 1. The third-order valence-electron chi connectivity index (χ3n) is 4.05. The van der Waals surface area contributed by atoms with E-state index in [9.17, 15) is 9.59 Å². The highest BCUT2D eigenvalue weighted by Crippen LogP contribution is 2.32. The first-order chi connectivity index (χ1) is 11.1. The van der Waals surface area contributed by atoms with Crippen molar-refractivity contribution in [1.82, 2.24) is 4.90 Å². The molecular formula is C18H18N2O3. The topological polar surface area (TPSA) is 72.6 Å². The van der Waals surface area contributed by atoms with Crippen LogP contribution in [0.5, 0.6) is 5.75 Å². The fourth-order valence-electron chi connectivity index (χ4n) is 2.81. The van der Waals surface area contributed by atoms with Crippen molar-refractivity contribution in [2.75, 3.05) is 6.61 Å². The first-order valence-corrected chi connectivity index (χ1v) is 7.44. The minimum absolute atomic E-state index is 0.0192. The van der Waals surface area contributed by atoms with Crippen LogP contribution in [0.25, 0.3) is 0 Å². The van der Waals surface area contributed by atoms with E-state index in [1.807, 2.05) is 30.3 Å². The van der Waals surface area contributed by atoms with Crippen LogP contribution in [0.3, 0.4) is 0 Å². The van der Waals surface area contributed by atoms with Crippen molar-refractivity contribution < 1.29 is 14.3 Å². The Hall–Kier alpha value is -2.82. The summed E-state index contributed by atoms with van der Waals surface area (Å²) in [6, 6.07) is 14.7. The van der Waals surface area contributed by atoms with Gasteiger partial charge in [-0.3, -0.25) is 9.59 Å². The molecule has 3 rings (SSSR count). The molecule has 2 aromatic rings. The number of ether oxygens (including phenoxy) is 1. The molecule has 0 spiro atoms. The van der Waals surface area contributed by atoms with Crippen molar-refractivity contribution in [2.24, 2.45) is 5.73 Å². The summed E-state index contributed by atoms with van der Waals surface area (Å²) in [6.07, 6.45) is 0. The summed E-state index contributed by atoms with van der Waals surface area (Å²) < 4.78 is 5.89. The number of nitrogens with zero attached hydrogens (tertiary/aromatic N) is 1. The number of benzene rings is 2. The summed E-state index contributed by atoms with van der Waals surface area (Å²) in [6.45, 7) is 2.32. The Morgan fingerprint density at radius 2 is 1.91 bits per heavy atom. The van der Waals surface area contributed by atoms with Gasteiger partial charge in [0.25, 0.3) is 0 Å². The molecule has 1 aliphatic heterocycles. The van der Waals surface area contributed by atoms with Gasteiger partial charge in [0.05, 0.1) is 12.6 Å². The molecule has 0 saturated heterocycles. The Balaban J connectivity index is 1.98. The molecule has 0 fully saturated rings. The third-order valence-corrected chi connectivity index (χ3v) is 4.05. The summed E-state index contributed by atoms with van der Waals surface area (Å²) in [4.78, 5) is 25.2. The Kier molecular flexibility index (Phi) is 4.02. The number of hydrogen-bond acceptors (Lipinski definition) is 3. The molecule has 1 aliphatic rings. The number of carbonyl (C=O) groups excluding carboxylic acids is 2. The predicted octanol–water partition coefficient (Wildman–Crippen LogP) is 2.27. The average Bonchev–Trinajstić information content (AvgIpc) is 2.74. The fourth-order valence-corrected chi connectivity index (χ4v) is 2.81. The molecule has 5 heteroatoms. The van der Waals surface area contributed by atoms with Crippen molar-refractivity contribution in [3.05, 3.63) is 65.2 Å². The fraction of sp³-hybridized carbons (Fsp3) is 0.222. The van der Waals surface area contributed by atoms with Gasteiger partial charge in [0.15, 0.2) is 0 Å². The van der Waals surface area contributed by atoms with E-state index in [0.29, 0.717) is 24.5 Å². The minimum Gasteiger partial charge on any atom is -0.491 e. The van der Waals surface area contributed by atoms with Gasteiger partial charge in [-0.1, -0.05) is 36.4 Å². The first kappa shape index (κ1) is 15.1. The Bertz CT molecular complexity index is 743. The Morgan fingerprint density at radius 3 is 2.57 bits per heavy atom. The van der Waals surface area contributed by atoms with Crippen molar-refractivity contribution in [1.29, 1.82) is 0 Å². The zero-order valence-corrected chi connectivity index (χ0v) is 12.9. The molecule has 118 valence electrons. The van der Waals surface area contributed by atoms with E-state index in [-0.39, 0.29) is 11.9 Å². The van der Waals surface area contributed by atoms with Gasteiger partial charge in [0, 0.05) is 18.1 Å². The van der Waals surface area contributed by atoms with Gasteiger partial charge in [0.2, 0.25) is 11.8 Å². The second-order valence-electron chi connectivity index (χ2n) is 5.57. The van der Waals surface area contributed by atoms with E-state index in [1.54, 1.807) is 30.0 Å². The van der Waals surface area contributed by atoms with Gasteiger partial charge in [0.1, 0.15) is 12.4 Å². The lowest BCUT2D eigenvalue weighted by atomic mass is 10.1. The van der Waals surface area contributed by atoms with Crippen LogP contribution in [0, 0.1) is 0 Å². The van der Waals surface area contributed by atoms with Crippen LogP contribution in [0.1, 0.15) is 34.5 Å². The predicted molar refractivity (Wildman–Crippen MR) is 85.9 cm³/mol. The quantitative estimate of drug-likeness (QED) is 0.925. The van der Waals surface area contributed by atoms with Gasteiger partial charge in [-0.25, -0.2) is 0 Å². The molecule has 0 unspecified atom stereocenters. The maximum Gasteiger partial charge on any atom is 0.248 e. The van der Waals surface area contributed by atoms with E-state index < -0.39 is 5.91 Å². The maximum atomic E-state index is 12.1. The highest BCUT2D eigenvalue weighted by atomic mass is 16.5. The molecule has 0 aliphatic carbocycles. The monoisotopic (exact) mass is 310 g/mol. The van der Waals surface area contributed by atoms with E-state index >= 15 is 0 Å². The summed E-state index contributed by atoms with van der Waals surface area (Å²) in [7, 11) is 0. The molecule has 0 bridgehead atoms. The zero-order valence-electron chi connectivity index (χ0n) is 12.9. The highest BCUT2D eigenvalue weighted by molar-refractivity contribution is 5.93. The molecule has 2 N–H and O–H groups in total. The van der Waals surface area contributed by atoms with Gasteiger partial charge in [-0.15, -0.1) is 0 Å². The molecule has 1 atom stereocenters. The van der Waals surface area contributed by atoms with Crippen LogP contribution < -0.4 is 10.5 Å². The largest absolute Gasteiger partial charge is 0.491 e. The van der Waals surface area contributed by atoms with E-state index in [4.69, 9.17) is 10.5 Å². The Labute approximate surface area is 134 Å². The van der Waals surface area contributed by atoms with Crippen LogP contribution in [-0.4, -0.2) is 23.3 Å². The third kappa shape index (κ3) is 3.04. The molecular weight excluding hydrogens is 292 g/mol. The molecule has 0 saturated carbocycles. The second kappa shape index (κ2) is 6.12. The number of fused-ring (bicyclic) bond motifs is 1. The van der Waals surface area contributed by atoms with E-state index in [1.165, 1.54) is 0 Å². The van der Waals surface area contributed by atoms with Gasteiger partial charge in [-0.05, 0) is 17.7 Å². The van der Waals surface area contributed by atoms with Crippen LogP contribution >= 0.6 is 0 Å². The van der Waals surface area contributed by atoms with Crippen molar-refractivity contribution in [3.8, 4) is 5.75 Å². The lowest BCUT2D eigenvalue weighted by Gasteiger charge is -2.28. The number of nitrogens with two attached hydrogens (primary N) is 1. The van der Waals surface area contributed by atoms with Crippen LogP contribution in [0.15, 0.2) is 48.5 Å². The molecule has 0 radical (unpaired) electrons. The minimum atomic E-state index is -0.497. The number of rotatable bonds is 2. The van der Waals surface area contributed by atoms with Crippen molar-refractivity contribution >= 4 is 11.8 Å². The lowest BCUT2D eigenvalue weighted by molar-refractivity contribution is -0.132. The maximum absolute atomic E-state index is 12.1. The molecule has 2 amide bonds. The number of carbonyl (C=O) groups is 2. The standard InChI is InChI=1S/C18H18N2O3/c1-12(21)20-10-15-8-7-14(18(19)22)9-17(15)23-11-16(20)13-5-3-2-4-6-13/h2-9,16H,10-11H2,1H3,(H2,19,22)/t16-/m1/s1. The zero-order chi connectivity index (χ0) is 16.4. The highest BCUT2D eigenvalue weighted by Gasteiger charge is 2.28. The normalized spacial score (nSPS) is 16.9. The number of amides is 2. The average molecular weight is 310 g/mol. The summed E-state index contributed by atoms with van der Waals surface area (Å²) in [5.74, 6) is 0.0870. The molecule has 5 nitrogen and oxygen atoms in total. The van der Waals surface area contributed by atoms with Crippen LogP contribution in [-0.2, 0) is 11.3 Å². The molecule has 23 heavy (non-hydrogen) atoms. The van der Waals surface area contributed by atoms with Crippen molar-refractivity contribution in [3.63, 3.8) is 0 Å². The smallest absolute Gasteiger partial charge is 0.248 e. The second-order valence-corrected chi connectivity index (χ2v) is 5.57. The van der Waals surface area contributed by atoms with E-state index in [0.717, 1.165) is 11.1 Å². The van der Waals surface area contributed by atoms with Gasteiger partial charge in [-0.2, -0.15) is 0 Å². The van der Waals surface area contributed by atoms with E-state index in [2.05, 4.69) is 0 Å². The summed E-state index contributed by atoms with van der Waals surface area (Å²) in [5, 5.41) is 0. The number of hydrogen-bond donors (Lipinski definition) is 1.